The molecule has 0 saturated carbocycles. The Hall–Kier alpha value is -1.26. The topological polar surface area (TPSA) is 58.2 Å². The van der Waals surface area contributed by atoms with Gasteiger partial charge in [-0.15, -0.1) is 11.6 Å². The second kappa shape index (κ2) is 5.16. The van der Waals surface area contributed by atoms with Crippen molar-refractivity contribution in [2.45, 2.75) is 13.3 Å². The number of benzene rings is 1. The molecule has 1 atom stereocenters. The zero-order valence-corrected chi connectivity index (χ0v) is 11.2. The van der Waals surface area contributed by atoms with Crippen molar-refractivity contribution in [2.75, 3.05) is 16.5 Å². The van der Waals surface area contributed by atoms with E-state index in [1.807, 2.05) is 0 Å². The van der Waals surface area contributed by atoms with Gasteiger partial charge in [0.2, 0.25) is 11.8 Å². The fourth-order valence-electron chi connectivity index (χ4n) is 1.67. The highest BCUT2D eigenvalue weighted by molar-refractivity contribution is 6.34. The molecule has 1 aliphatic rings. The predicted octanol–water partition coefficient (Wildman–Crippen LogP) is 2.65. The molecular formula is C12H12Cl2N2O2. The molecule has 1 aliphatic heterocycles. The van der Waals surface area contributed by atoms with Gasteiger partial charge < -0.3 is 10.6 Å². The van der Waals surface area contributed by atoms with E-state index in [4.69, 9.17) is 23.2 Å². The molecule has 0 aliphatic carbocycles. The summed E-state index contributed by atoms with van der Waals surface area (Å²) in [5.41, 5.74) is 2.04. The van der Waals surface area contributed by atoms with Crippen LogP contribution in [0.2, 0.25) is 5.02 Å². The summed E-state index contributed by atoms with van der Waals surface area (Å²) in [6.07, 6.45) is 0.306. The first kappa shape index (κ1) is 13.2. The Bertz CT molecular complexity index is 517. The SMILES string of the molecule is CC(CCl)C(=O)Nc1cc2c(cc1Cl)NC(=O)C2. The molecule has 0 radical (unpaired) electrons. The molecule has 18 heavy (non-hydrogen) atoms. The van der Waals surface area contributed by atoms with Gasteiger partial charge in [0, 0.05) is 17.5 Å². The van der Waals surface area contributed by atoms with E-state index in [0.717, 1.165) is 5.56 Å². The van der Waals surface area contributed by atoms with Crippen LogP contribution < -0.4 is 10.6 Å². The predicted molar refractivity (Wildman–Crippen MR) is 72.3 cm³/mol. The van der Waals surface area contributed by atoms with Crippen molar-refractivity contribution in [1.29, 1.82) is 0 Å². The van der Waals surface area contributed by atoms with Crippen LogP contribution in [0.25, 0.3) is 0 Å². The molecule has 0 fully saturated rings. The first-order valence-electron chi connectivity index (χ1n) is 5.50. The number of alkyl halides is 1. The summed E-state index contributed by atoms with van der Waals surface area (Å²) >= 11 is 11.7. The Balaban J connectivity index is 2.22. The first-order valence-corrected chi connectivity index (χ1v) is 6.41. The van der Waals surface area contributed by atoms with E-state index in [0.29, 0.717) is 22.8 Å². The van der Waals surface area contributed by atoms with Gasteiger partial charge in [0.1, 0.15) is 0 Å². The van der Waals surface area contributed by atoms with Crippen LogP contribution >= 0.6 is 23.2 Å². The number of carbonyl (C=O) groups excluding carboxylic acids is 2. The summed E-state index contributed by atoms with van der Waals surface area (Å²) in [5.74, 6) is -0.312. The number of carbonyl (C=O) groups is 2. The van der Waals surface area contributed by atoms with Gasteiger partial charge in [0.25, 0.3) is 0 Å². The van der Waals surface area contributed by atoms with Gasteiger partial charge in [-0.1, -0.05) is 18.5 Å². The Morgan fingerprint density at radius 1 is 1.56 bits per heavy atom. The second-order valence-corrected chi connectivity index (χ2v) is 4.97. The van der Waals surface area contributed by atoms with Crippen molar-refractivity contribution in [3.63, 3.8) is 0 Å². The highest BCUT2D eigenvalue weighted by atomic mass is 35.5. The first-order chi connectivity index (χ1) is 8.51. The normalized spacial score (nSPS) is 14.9. The Kier molecular flexibility index (Phi) is 3.78. The van der Waals surface area contributed by atoms with E-state index in [-0.39, 0.29) is 23.6 Å². The van der Waals surface area contributed by atoms with Crippen LogP contribution in [0.4, 0.5) is 11.4 Å². The summed E-state index contributed by atoms with van der Waals surface area (Å²) in [5, 5.41) is 5.80. The van der Waals surface area contributed by atoms with E-state index >= 15 is 0 Å². The molecule has 2 N–H and O–H groups in total. The van der Waals surface area contributed by atoms with Gasteiger partial charge in [0.05, 0.1) is 17.1 Å². The molecule has 0 spiro atoms. The van der Waals surface area contributed by atoms with Crippen molar-refractivity contribution in [2.24, 2.45) is 5.92 Å². The van der Waals surface area contributed by atoms with E-state index in [1.165, 1.54) is 0 Å². The van der Waals surface area contributed by atoms with Crippen LogP contribution in [0.5, 0.6) is 0 Å². The smallest absolute Gasteiger partial charge is 0.228 e. The van der Waals surface area contributed by atoms with Crippen LogP contribution in [-0.4, -0.2) is 17.7 Å². The van der Waals surface area contributed by atoms with Crippen LogP contribution in [-0.2, 0) is 16.0 Å². The molecule has 0 aromatic heterocycles. The third kappa shape index (κ3) is 2.60. The number of hydrogen-bond donors (Lipinski definition) is 2. The summed E-state index contributed by atoms with van der Waals surface area (Å²) in [7, 11) is 0. The maximum absolute atomic E-state index is 11.7. The lowest BCUT2D eigenvalue weighted by Gasteiger charge is -2.12. The van der Waals surface area contributed by atoms with Crippen LogP contribution in [0.1, 0.15) is 12.5 Å². The molecule has 2 rings (SSSR count). The monoisotopic (exact) mass is 286 g/mol. The van der Waals surface area contributed by atoms with E-state index < -0.39 is 0 Å². The van der Waals surface area contributed by atoms with Crippen LogP contribution in [0, 0.1) is 5.92 Å². The highest BCUT2D eigenvalue weighted by Gasteiger charge is 2.21. The summed E-state index contributed by atoms with van der Waals surface area (Å²) in [6, 6.07) is 3.36. The summed E-state index contributed by atoms with van der Waals surface area (Å²) < 4.78 is 0. The lowest BCUT2D eigenvalue weighted by Crippen LogP contribution is -2.21. The van der Waals surface area contributed by atoms with Crippen molar-refractivity contribution in [3.05, 3.63) is 22.7 Å². The molecule has 1 unspecified atom stereocenters. The van der Waals surface area contributed by atoms with Crippen LogP contribution in [0.3, 0.4) is 0 Å². The van der Waals surface area contributed by atoms with E-state index in [2.05, 4.69) is 10.6 Å². The molecule has 1 heterocycles. The standard InChI is InChI=1S/C12H12Cl2N2O2/c1-6(5-13)12(18)16-10-2-7-3-11(17)15-9(7)4-8(10)14/h2,4,6H,3,5H2,1H3,(H,15,17)(H,16,18). The zero-order valence-electron chi connectivity index (χ0n) is 9.72. The van der Waals surface area contributed by atoms with Crippen molar-refractivity contribution in [3.8, 4) is 0 Å². The van der Waals surface area contributed by atoms with Crippen molar-refractivity contribution >= 4 is 46.4 Å². The van der Waals surface area contributed by atoms with Gasteiger partial charge in [-0.2, -0.15) is 0 Å². The molecule has 0 saturated heterocycles. The number of halogens is 2. The number of nitrogens with one attached hydrogen (secondary N) is 2. The zero-order chi connectivity index (χ0) is 13.3. The third-order valence-electron chi connectivity index (χ3n) is 2.75. The highest BCUT2D eigenvalue weighted by Crippen LogP contribution is 2.33. The molecule has 2 amide bonds. The average Bonchev–Trinajstić information content (AvgIpc) is 2.67. The number of fused-ring (bicyclic) bond motifs is 1. The third-order valence-corrected chi connectivity index (χ3v) is 3.53. The molecular weight excluding hydrogens is 275 g/mol. The van der Waals surface area contributed by atoms with Gasteiger partial charge in [-0.05, 0) is 17.7 Å². The lowest BCUT2D eigenvalue weighted by molar-refractivity contribution is -0.118. The minimum Gasteiger partial charge on any atom is -0.325 e. The van der Waals surface area contributed by atoms with Gasteiger partial charge in [-0.3, -0.25) is 9.59 Å². The summed E-state index contributed by atoms with van der Waals surface area (Å²) in [6.45, 7) is 1.73. The minimum absolute atomic E-state index is 0.0707. The van der Waals surface area contributed by atoms with Gasteiger partial charge in [-0.25, -0.2) is 0 Å². The molecule has 96 valence electrons. The number of amides is 2. The fourth-order valence-corrected chi connectivity index (χ4v) is 2.02. The molecule has 6 heteroatoms. The van der Waals surface area contributed by atoms with Crippen molar-refractivity contribution < 1.29 is 9.59 Å². The lowest BCUT2D eigenvalue weighted by atomic mass is 10.1. The largest absolute Gasteiger partial charge is 0.325 e. The average molecular weight is 287 g/mol. The Labute approximate surface area is 115 Å². The van der Waals surface area contributed by atoms with Gasteiger partial charge in [0.15, 0.2) is 0 Å². The number of hydrogen-bond acceptors (Lipinski definition) is 2. The second-order valence-electron chi connectivity index (χ2n) is 4.26. The molecule has 4 nitrogen and oxygen atoms in total. The Morgan fingerprint density at radius 2 is 2.28 bits per heavy atom. The van der Waals surface area contributed by atoms with Crippen LogP contribution in [0.15, 0.2) is 12.1 Å². The minimum atomic E-state index is -0.296. The number of anilines is 2. The summed E-state index contributed by atoms with van der Waals surface area (Å²) in [4.78, 5) is 23.0. The number of rotatable bonds is 3. The molecule has 0 bridgehead atoms. The van der Waals surface area contributed by atoms with Gasteiger partial charge >= 0.3 is 0 Å². The maximum Gasteiger partial charge on any atom is 0.228 e. The Morgan fingerprint density at radius 3 is 2.94 bits per heavy atom. The van der Waals surface area contributed by atoms with E-state index in [9.17, 15) is 9.59 Å². The fraction of sp³-hybridized carbons (Fsp3) is 0.333. The quantitative estimate of drug-likeness (QED) is 0.840. The maximum atomic E-state index is 11.7. The van der Waals surface area contributed by atoms with E-state index in [1.54, 1.807) is 19.1 Å². The molecule has 1 aromatic carbocycles. The molecule has 1 aromatic rings. The van der Waals surface area contributed by atoms with Crippen molar-refractivity contribution in [1.82, 2.24) is 0 Å².